The minimum atomic E-state index is -0.0465. The minimum Gasteiger partial charge on any atom is -0.380 e. The number of Topliss-reactive ketones (excluding diaryl/α,β-unsaturated/α-hetero) is 1. The monoisotopic (exact) mass is 252 g/mol. The molecule has 2 heteroatoms. The second-order valence-electron chi connectivity index (χ2n) is 4.89. The number of ether oxygens (including phenoxy) is 1. The summed E-state index contributed by atoms with van der Waals surface area (Å²) < 4.78 is 5.46. The van der Waals surface area contributed by atoms with E-state index in [0.717, 1.165) is 5.56 Å². The molecule has 1 aliphatic carbocycles. The molecule has 19 heavy (non-hydrogen) atoms. The fraction of sp³-hybridized carbons (Fsp3) is 0.235. The van der Waals surface area contributed by atoms with E-state index in [1.54, 1.807) is 7.11 Å². The summed E-state index contributed by atoms with van der Waals surface area (Å²) in [4.78, 5) is 12.5. The van der Waals surface area contributed by atoms with E-state index in [9.17, 15) is 4.79 Å². The number of benzene rings is 2. The van der Waals surface area contributed by atoms with E-state index in [4.69, 9.17) is 4.74 Å². The van der Waals surface area contributed by atoms with Crippen LogP contribution < -0.4 is 0 Å². The number of hydrogen-bond acceptors (Lipinski definition) is 2. The summed E-state index contributed by atoms with van der Waals surface area (Å²) in [6.45, 7) is 0. The Kier molecular flexibility index (Phi) is 3.18. The van der Waals surface area contributed by atoms with Crippen LogP contribution in [0.3, 0.4) is 0 Å². The van der Waals surface area contributed by atoms with Crippen LogP contribution in [0.15, 0.2) is 60.7 Å². The van der Waals surface area contributed by atoms with E-state index in [0.29, 0.717) is 0 Å². The predicted molar refractivity (Wildman–Crippen MR) is 74.2 cm³/mol. The van der Waals surface area contributed by atoms with Gasteiger partial charge < -0.3 is 4.74 Å². The van der Waals surface area contributed by atoms with Crippen molar-refractivity contribution in [2.75, 3.05) is 7.11 Å². The van der Waals surface area contributed by atoms with Crippen LogP contribution in [0.1, 0.15) is 21.8 Å². The van der Waals surface area contributed by atoms with Gasteiger partial charge in [0.05, 0.1) is 12.0 Å². The summed E-state index contributed by atoms with van der Waals surface area (Å²) in [5.41, 5.74) is 1.96. The van der Waals surface area contributed by atoms with E-state index < -0.39 is 0 Å². The molecule has 0 saturated heterocycles. The Hall–Kier alpha value is -1.93. The van der Waals surface area contributed by atoms with Gasteiger partial charge in [0.1, 0.15) is 0 Å². The topological polar surface area (TPSA) is 26.3 Å². The quantitative estimate of drug-likeness (QED) is 0.780. The average Bonchev–Trinajstić information content (AvgIpc) is 3.22. The second-order valence-corrected chi connectivity index (χ2v) is 4.89. The van der Waals surface area contributed by atoms with Gasteiger partial charge in [-0.25, -0.2) is 0 Å². The molecule has 0 radical (unpaired) electrons. The maximum atomic E-state index is 12.5. The van der Waals surface area contributed by atoms with Gasteiger partial charge in [-0.05, 0) is 5.56 Å². The summed E-state index contributed by atoms with van der Waals surface area (Å²) in [5.74, 6) is 0.329. The molecule has 3 atom stereocenters. The molecule has 0 amide bonds. The Morgan fingerprint density at radius 3 is 2.11 bits per heavy atom. The van der Waals surface area contributed by atoms with E-state index in [1.807, 2.05) is 48.5 Å². The van der Waals surface area contributed by atoms with Crippen LogP contribution in [0, 0.1) is 5.92 Å². The first-order chi connectivity index (χ1) is 9.33. The number of methoxy groups -OCH3 is 1. The third-order valence-corrected chi connectivity index (χ3v) is 3.77. The highest BCUT2D eigenvalue weighted by Gasteiger charge is 2.55. The van der Waals surface area contributed by atoms with Crippen molar-refractivity contribution in [2.24, 2.45) is 5.92 Å². The van der Waals surface area contributed by atoms with E-state index in [2.05, 4.69) is 12.1 Å². The summed E-state index contributed by atoms with van der Waals surface area (Å²) in [6, 6.07) is 19.6. The molecule has 0 aromatic heterocycles. The molecule has 1 fully saturated rings. The van der Waals surface area contributed by atoms with Crippen LogP contribution >= 0.6 is 0 Å². The molecule has 0 spiro atoms. The lowest BCUT2D eigenvalue weighted by Crippen LogP contribution is -2.06. The zero-order valence-electron chi connectivity index (χ0n) is 10.8. The van der Waals surface area contributed by atoms with Gasteiger partial charge in [-0.2, -0.15) is 0 Å². The Balaban J connectivity index is 1.84. The molecule has 0 heterocycles. The first kappa shape index (κ1) is 12.1. The molecule has 2 aromatic rings. The lowest BCUT2D eigenvalue weighted by atomic mass is 10.0. The number of hydrogen-bond donors (Lipinski definition) is 0. The molecule has 3 unspecified atom stereocenters. The second kappa shape index (κ2) is 4.98. The summed E-state index contributed by atoms with van der Waals surface area (Å²) in [6.07, 6.45) is 0.00936. The van der Waals surface area contributed by atoms with E-state index in [-0.39, 0.29) is 23.7 Å². The first-order valence-electron chi connectivity index (χ1n) is 6.50. The van der Waals surface area contributed by atoms with Crippen molar-refractivity contribution in [1.82, 2.24) is 0 Å². The van der Waals surface area contributed by atoms with Crippen molar-refractivity contribution in [1.29, 1.82) is 0 Å². The molecular formula is C17H16O2. The number of ketones is 1. The zero-order chi connectivity index (χ0) is 13.2. The van der Waals surface area contributed by atoms with E-state index >= 15 is 0 Å². The van der Waals surface area contributed by atoms with Crippen molar-refractivity contribution in [3.63, 3.8) is 0 Å². The fourth-order valence-electron chi connectivity index (χ4n) is 2.76. The molecule has 0 N–H and O–H groups in total. The standard InChI is InChI=1S/C17H16O2/c1-19-17-14(12-8-4-2-5-9-12)15(17)16(18)13-10-6-3-7-11-13/h2-11,14-15,17H,1H3. The van der Waals surface area contributed by atoms with E-state index in [1.165, 1.54) is 5.56 Å². The van der Waals surface area contributed by atoms with Crippen LogP contribution in [0.2, 0.25) is 0 Å². The highest BCUT2D eigenvalue weighted by Crippen LogP contribution is 2.51. The normalized spacial score (nSPS) is 25.0. The molecule has 96 valence electrons. The minimum absolute atomic E-state index is 0.00936. The Labute approximate surface area is 113 Å². The van der Waals surface area contributed by atoms with Gasteiger partial charge in [-0.3, -0.25) is 4.79 Å². The SMILES string of the molecule is COC1C(C(=O)c2ccccc2)C1c1ccccc1. The van der Waals surface area contributed by atoms with Crippen molar-refractivity contribution < 1.29 is 9.53 Å². The van der Waals surface area contributed by atoms with Crippen molar-refractivity contribution in [2.45, 2.75) is 12.0 Å². The lowest BCUT2D eigenvalue weighted by molar-refractivity contribution is 0.0918. The molecular weight excluding hydrogens is 236 g/mol. The Morgan fingerprint density at radius 2 is 1.53 bits per heavy atom. The van der Waals surface area contributed by atoms with Crippen molar-refractivity contribution in [3.05, 3.63) is 71.8 Å². The van der Waals surface area contributed by atoms with Crippen LogP contribution in [0.4, 0.5) is 0 Å². The molecule has 1 saturated carbocycles. The van der Waals surface area contributed by atoms with Crippen LogP contribution in [-0.4, -0.2) is 19.0 Å². The molecule has 1 aliphatic rings. The fourth-order valence-corrected chi connectivity index (χ4v) is 2.76. The smallest absolute Gasteiger partial charge is 0.169 e. The Morgan fingerprint density at radius 1 is 0.947 bits per heavy atom. The van der Waals surface area contributed by atoms with Crippen LogP contribution in [-0.2, 0) is 4.74 Å². The van der Waals surface area contributed by atoms with Crippen LogP contribution in [0.5, 0.6) is 0 Å². The van der Waals surface area contributed by atoms with Crippen molar-refractivity contribution in [3.8, 4) is 0 Å². The number of carbonyl (C=O) groups is 1. The number of carbonyl (C=O) groups excluding carboxylic acids is 1. The third-order valence-electron chi connectivity index (χ3n) is 3.77. The largest absolute Gasteiger partial charge is 0.380 e. The summed E-state index contributed by atoms with van der Waals surface area (Å²) >= 11 is 0. The maximum absolute atomic E-state index is 12.5. The van der Waals surface area contributed by atoms with Gasteiger partial charge >= 0.3 is 0 Å². The lowest BCUT2D eigenvalue weighted by Gasteiger charge is -1.99. The highest BCUT2D eigenvalue weighted by molar-refractivity contribution is 6.01. The maximum Gasteiger partial charge on any atom is 0.169 e. The average molecular weight is 252 g/mol. The third kappa shape index (κ3) is 2.20. The van der Waals surface area contributed by atoms with Gasteiger partial charge in [0.2, 0.25) is 0 Å². The van der Waals surface area contributed by atoms with Crippen LogP contribution in [0.25, 0.3) is 0 Å². The molecule has 2 nitrogen and oxygen atoms in total. The van der Waals surface area contributed by atoms with Gasteiger partial charge in [-0.1, -0.05) is 60.7 Å². The zero-order valence-corrected chi connectivity index (χ0v) is 10.8. The van der Waals surface area contributed by atoms with Gasteiger partial charge in [0.15, 0.2) is 5.78 Å². The molecule has 0 aliphatic heterocycles. The van der Waals surface area contributed by atoms with Gasteiger partial charge in [0.25, 0.3) is 0 Å². The van der Waals surface area contributed by atoms with Gasteiger partial charge in [0, 0.05) is 18.6 Å². The molecule has 2 aromatic carbocycles. The highest BCUT2D eigenvalue weighted by atomic mass is 16.5. The summed E-state index contributed by atoms with van der Waals surface area (Å²) in [5, 5.41) is 0. The van der Waals surface area contributed by atoms with Crippen molar-refractivity contribution >= 4 is 5.78 Å². The van der Waals surface area contributed by atoms with Gasteiger partial charge in [-0.15, -0.1) is 0 Å². The molecule has 3 rings (SSSR count). The Bertz CT molecular complexity index is 562. The predicted octanol–water partition coefficient (Wildman–Crippen LogP) is 3.30. The number of rotatable bonds is 4. The summed E-state index contributed by atoms with van der Waals surface area (Å²) in [7, 11) is 1.68. The molecule has 0 bridgehead atoms. The first-order valence-corrected chi connectivity index (χ1v) is 6.50.